The number of ether oxygens (including phenoxy) is 4. The minimum Gasteiger partial charge on any atom is -0.462 e. The molecule has 0 rings (SSSR count). The monoisotopic (exact) mass is 1490 g/mol. The van der Waals surface area contributed by atoms with Crippen LogP contribution in [-0.4, -0.2) is 96.7 Å². The molecule has 0 bridgehead atoms. The Morgan fingerprint density at radius 3 is 0.696 bits per heavy atom. The van der Waals surface area contributed by atoms with Crippen LogP contribution in [0.3, 0.4) is 0 Å². The molecule has 0 amide bonds. The van der Waals surface area contributed by atoms with Gasteiger partial charge in [-0.05, 0) is 49.4 Å². The molecule has 0 fully saturated rings. The van der Waals surface area contributed by atoms with Crippen molar-refractivity contribution in [3.63, 3.8) is 0 Å². The maximum Gasteiger partial charge on any atom is 0.472 e. The molecule has 606 valence electrons. The van der Waals surface area contributed by atoms with Gasteiger partial charge in [0.25, 0.3) is 0 Å². The minimum atomic E-state index is -4.96. The van der Waals surface area contributed by atoms with Crippen LogP contribution in [0, 0.1) is 23.7 Å². The number of carbonyl (C=O) groups is 4. The lowest BCUT2D eigenvalue weighted by Gasteiger charge is -2.21. The average Bonchev–Trinajstić information content (AvgIpc) is 0.909. The quantitative estimate of drug-likeness (QED) is 0.0222. The first-order valence-corrected chi connectivity index (χ1v) is 45.7. The van der Waals surface area contributed by atoms with Gasteiger partial charge in [0.1, 0.15) is 19.3 Å². The van der Waals surface area contributed by atoms with Gasteiger partial charge in [0.2, 0.25) is 0 Å². The maximum absolute atomic E-state index is 13.1. The van der Waals surface area contributed by atoms with Gasteiger partial charge in [-0.15, -0.1) is 0 Å². The number of hydrogen-bond donors (Lipinski definition) is 3. The number of aliphatic hydroxyl groups excluding tert-OH is 1. The molecule has 3 N–H and O–H groups in total. The van der Waals surface area contributed by atoms with Crippen LogP contribution >= 0.6 is 15.6 Å². The van der Waals surface area contributed by atoms with E-state index in [4.69, 9.17) is 37.0 Å². The van der Waals surface area contributed by atoms with Crippen molar-refractivity contribution < 1.29 is 80.2 Å². The molecule has 0 saturated carbocycles. The molecule has 0 aliphatic rings. The Hall–Kier alpha value is -1.94. The van der Waals surface area contributed by atoms with Crippen LogP contribution in [0.4, 0.5) is 0 Å². The highest BCUT2D eigenvalue weighted by Gasteiger charge is 2.30. The lowest BCUT2D eigenvalue weighted by molar-refractivity contribution is -0.161. The zero-order valence-corrected chi connectivity index (χ0v) is 69.0. The molecular formula is C83H162O17P2. The number of rotatable bonds is 80. The van der Waals surface area contributed by atoms with Gasteiger partial charge in [0, 0.05) is 25.7 Å². The van der Waals surface area contributed by atoms with Gasteiger partial charge in [0.05, 0.1) is 26.4 Å². The molecule has 0 aliphatic carbocycles. The van der Waals surface area contributed by atoms with Gasteiger partial charge in [-0.1, -0.05) is 376 Å². The zero-order valence-electron chi connectivity index (χ0n) is 67.2. The van der Waals surface area contributed by atoms with E-state index >= 15 is 0 Å². The van der Waals surface area contributed by atoms with E-state index in [1.807, 2.05) is 0 Å². The predicted octanol–water partition coefficient (Wildman–Crippen LogP) is 24.8. The van der Waals surface area contributed by atoms with Gasteiger partial charge in [-0.25, -0.2) is 9.13 Å². The molecule has 6 atom stereocenters. The Kier molecular flexibility index (Phi) is 70.6. The van der Waals surface area contributed by atoms with E-state index in [2.05, 4.69) is 55.4 Å². The van der Waals surface area contributed by atoms with Crippen LogP contribution in [0.25, 0.3) is 0 Å². The van der Waals surface area contributed by atoms with Gasteiger partial charge >= 0.3 is 39.5 Å². The Bertz CT molecular complexity index is 1990. The fourth-order valence-electron chi connectivity index (χ4n) is 12.8. The predicted molar refractivity (Wildman–Crippen MR) is 418 cm³/mol. The molecule has 0 heterocycles. The molecule has 0 aliphatic heterocycles. The standard InChI is InChI=1S/C83H162O17P2/c1-9-76(8)62-54-46-41-42-48-56-64-81(86)94-70-79(100-83(88)66-58-50-40-34-28-21-15-11-13-18-24-30-36-44-52-60-74(4)5)72-98-102(91,92)96-68-77(84)67-95-101(89,90)97-71-78(69-93-80(85)63-55-47-38-32-26-22-16-19-25-31-37-45-53-61-75(6)7)99-82(87)65-57-49-39-33-27-20-14-10-12-17-23-29-35-43-51-59-73(2)3/h73-79,84H,9-72H2,1-8H3,(H,89,90)(H,91,92)/t76?,77-,78-,79-/m1/s1. The molecule has 0 spiro atoms. The van der Waals surface area contributed by atoms with E-state index < -0.39 is 97.5 Å². The number of phosphoric acid groups is 2. The molecule has 0 aromatic heterocycles. The summed E-state index contributed by atoms with van der Waals surface area (Å²) >= 11 is 0. The first-order chi connectivity index (χ1) is 49.1. The van der Waals surface area contributed by atoms with Crippen LogP contribution in [0.15, 0.2) is 0 Å². The van der Waals surface area contributed by atoms with Crippen LogP contribution in [0.5, 0.6) is 0 Å². The fourth-order valence-corrected chi connectivity index (χ4v) is 14.3. The van der Waals surface area contributed by atoms with E-state index in [0.717, 1.165) is 120 Å². The third-order valence-corrected chi connectivity index (χ3v) is 21.6. The first kappa shape index (κ1) is 100. The summed E-state index contributed by atoms with van der Waals surface area (Å²) < 4.78 is 68.8. The van der Waals surface area contributed by atoms with E-state index in [-0.39, 0.29) is 25.7 Å². The molecule has 0 aromatic carbocycles. The van der Waals surface area contributed by atoms with Gasteiger partial charge in [-0.2, -0.15) is 0 Å². The van der Waals surface area contributed by atoms with E-state index in [1.54, 1.807) is 0 Å². The lowest BCUT2D eigenvalue weighted by Crippen LogP contribution is -2.30. The Labute approximate surface area is 626 Å². The zero-order chi connectivity index (χ0) is 75.3. The van der Waals surface area contributed by atoms with Crippen molar-refractivity contribution in [2.45, 2.75) is 446 Å². The largest absolute Gasteiger partial charge is 0.472 e. The third-order valence-electron chi connectivity index (χ3n) is 19.7. The summed E-state index contributed by atoms with van der Waals surface area (Å²) in [6.45, 7) is 14.3. The molecule has 3 unspecified atom stereocenters. The van der Waals surface area contributed by atoms with Crippen LogP contribution < -0.4 is 0 Å². The summed E-state index contributed by atoms with van der Waals surface area (Å²) in [6, 6.07) is 0. The number of esters is 4. The summed E-state index contributed by atoms with van der Waals surface area (Å²) in [4.78, 5) is 73.1. The highest BCUT2D eigenvalue weighted by atomic mass is 31.2. The molecule has 17 nitrogen and oxygen atoms in total. The normalized spacial score (nSPS) is 14.3. The summed E-state index contributed by atoms with van der Waals surface area (Å²) in [5, 5.41) is 10.7. The smallest absolute Gasteiger partial charge is 0.462 e. The average molecular weight is 1490 g/mol. The van der Waals surface area contributed by atoms with Crippen molar-refractivity contribution in [1.82, 2.24) is 0 Å². The van der Waals surface area contributed by atoms with Crippen molar-refractivity contribution in [1.29, 1.82) is 0 Å². The highest BCUT2D eigenvalue weighted by Crippen LogP contribution is 2.45. The van der Waals surface area contributed by atoms with Crippen LogP contribution in [0.1, 0.15) is 428 Å². The molecular weight excluding hydrogens is 1330 g/mol. The molecule has 0 radical (unpaired) electrons. The SMILES string of the molecule is CCC(C)CCCCCCCCC(=O)OC[C@H](COP(=O)(O)OC[C@H](O)COP(=O)(O)OC[C@@H](COC(=O)CCCCCCCCCCCCCCCC(C)C)OC(=O)CCCCCCCCCCCCCCCCCC(C)C)OC(=O)CCCCCCCCCCCCCCCCCC(C)C. The molecule has 0 aromatic rings. The number of aliphatic hydroxyl groups is 1. The minimum absolute atomic E-state index is 0.107. The van der Waals surface area contributed by atoms with E-state index in [9.17, 15) is 43.2 Å². The van der Waals surface area contributed by atoms with Gasteiger partial charge < -0.3 is 33.8 Å². The maximum atomic E-state index is 13.1. The Balaban J connectivity index is 5.24. The van der Waals surface area contributed by atoms with Crippen molar-refractivity contribution >= 4 is 39.5 Å². The van der Waals surface area contributed by atoms with Crippen molar-refractivity contribution in [2.75, 3.05) is 39.6 Å². The second-order valence-corrected chi connectivity index (χ2v) is 34.4. The van der Waals surface area contributed by atoms with Gasteiger partial charge in [-0.3, -0.25) is 37.3 Å². The van der Waals surface area contributed by atoms with Crippen LogP contribution in [-0.2, 0) is 65.4 Å². The first-order valence-electron chi connectivity index (χ1n) is 42.7. The molecule has 19 heteroatoms. The number of phosphoric ester groups is 2. The van der Waals surface area contributed by atoms with E-state index in [0.29, 0.717) is 25.7 Å². The van der Waals surface area contributed by atoms with Crippen molar-refractivity contribution in [3.05, 3.63) is 0 Å². The van der Waals surface area contributed by atoms with Crippen molar-refractivity contribution in [3.8, 4) is 0 Å². The second kappa shape index (κ2) is 72.0. The third kappa shape index (κ3) is 74.9. The molecule has 0 saturated heterocycles. The topological polar surface area (TPSA) is 237 Å². The summed E-state index contributed by atoms with van der Waals surface area (Å²) in [6.07, 6.45) is 59.7. The van der Waals surface area contributed by atoms with Crippen LogP contribution in [0.2, 0.25) is 0 Å². The summed E-state index contributed by atoms with van der Waals surface area (Å²) in [5.41, 5.74) is 0. The van der Waals surface area contributed by atoms with Gasteiger partial charge in [0.15, 0.2) is 12.2 Å². The second-order valence-electron chi connectivity index (χ2n) is 31.5. The fraction of sp³-hybridized carbons (Fsp3) is 0.952. The Morgan fingerprint density at radius 1 is 0.275 bits per heavy atom. The van der Waals surface area contributed by atoms with Crippen molar-refractivity contribution in [2.24, 2.45) is 23.7 Å². The Morgan fingerprint density at radius 2 is 0.471 bits per heavy atom. The number of carbonyl (C=O) groups excluding carboxylic acids is 4. The molecule has 102 heavy (non-hydrogen) atoms. The lowest BCUT2D eigenvalue weighted by atomic mass is 10.00. The highest BCUT2D eigenvalue weighted by molar-refractivity contribution is 7.47. The number of unbranched alkanes of at least 4 members (excludes halogenated alkanes) is 45. The number of hydrogen-bond acceptors (Lipinski definition) is 15. The van der Waals surface area contributed by atoms with E-state index in [1.165, 1.54) is 225 Å². The summed E-state index contributed by atoms with van der Waals surface area (Å²) in [7, 11) is -9.93. The summed E-state index contributed by atoms with van der Waals surface area (Å²) in [5.74, 6) is 1.02.